The Morgan fingerprint density at radius 2 is 1.47 bits per heavy atom. The lowest BCUT2D eigenvalue weighted by atomic mass is 10.0. The van der Waals surface area contributed by atoms with Crippen LogP contribution < -0.4 is 0 Å². The van der Waals surface area contributed by atoms with Crippen molar-refractivity contribution in [2.75, 3.05) is 32.7 Å². The molecule has 0 saturated carbocycles. The highest BCUT2D eigenvalue weighted by molar-refractivity contribution is 5.41. The number of likely N-dealkylation sites (tertiary alicyclic amines) is 1. The van der Waals surface area contributed by atoms with E-state index in [0.717, 1.165) is 56.7 Å². The Labute approximate surface area is 204 Å². The van der Waals surface area contributed by atoms with E-state index in [1.807, 2.05) is 12.1 Å². The van der Waals surface area contributed by atoms with Gasteiger partial charge in [0.15, 0.2) is 23.0 Å². The number of hydrogen-bond donors (Lipinski definition) is 4. The van der Waals surface area contributed by atoms with Crippen LogP contribution in [0.15, 0.2) is 36.4 Å². The fraction of sp³-hybridized carbons (Fsp3) is 0.571. The highest BCUT2D eigenvalue weighted by Crippen LogP contribution is 2.28. The molecule has 0 bridgehead atoms. The molecule has 1 aliphatic rings. The molecule has 2 aromatic carbocycles. The zero-order valence-electron chi connectivity index (χ0n) is 20.6. The summed E-state index contributed by atoms with van der Waals surface area (Å²) in [5, 5.41) is 38.6. The maximum Gasteiger partial charge on any atom is 0.157 e. The Kier molecular flexibility index (Phi) is 10.4. The Hall–Kier alpha value is -2.44. The predicted octanol–water partition coefficient (Wildman–Crippen LogP) is 5.03. The lowest BCUT2D eigenvalue weighted by Crippen LogP contribution is -2.32. The minimum atomic E-state index is -0.0620. The molecule has 4 N–H and O–H groups in total. The fourth-order valence-electron chi connectivity index (χ4n) is 4.94. The van der Waals surface area contributed by atoms with Gasteiger partial charge < -0.3 is 30.2 Å². The van der Waals surface area contributed by atoms with Crippen molar-refractivity contribution in [3.05, 3.63) is 47.5 Å². The normalized spacial score (nSPS) is 16.5. The van der Waals surface area contributed by atoms with Gasteiger partial charge in [-0.15, -0.1) is 0 Å². The van der Waals surface area contributed by atoms with E-state index in [-0.39, 0.29) is 23.0 Å². The van der Waals surface area contributed by atoms with Crippen molar-refractivity contribution in [2.24, 2.45) is 0 Å². The molecule has 1 aliphatic heterocycles. The Morgan fingerprint density at radius 1 is 0.794 bits per heavy atom. The van der Waals surface area contributed by atoms with Gasteiger partial charge in [-0.05, 0) is 107 Å². The second-order valence-corrected chi connectivity index (χ2v) is 9.69. The first-order valence-corrected chi connectivity index (χ1v) is 12.9. The molecule has 2 aromatic rings. The monoisotopic (exact) mass is 470 g/mol. The maximum atomic E-state index is 9.78. The first-order valence-electron chi connectivity index (χ1n) is 12.9. The van der Waals surface area contributed by atoms with Crippen molar-refractivity contribution in [3.8, 4) is 23.0 Å². The molecule has 1 saturated heterocycles. The van der Waals surface area contributed by atoms with Crippen molar-refractivity contribution in [1.82, 2.24) is 9.80 Å². The number of nitrogens with zero attached hydrogens (tertiary/aromatic N) is 2. The van der Waals surface area contributed by atoms with Crippen molar-refractivity contribution >= 4 is 0 Å². The summed E-state index contributed by atoms with van der Waals surface area (Å²) in [7, 11) is 0. The maximum absolute atomic E-state index is 9.78. The summed E-state index contributed by atoms with van der Waals surface area (Å²) in [6.07, 6.45) is 10.2. The first kappa shape index (κ1) is 26.2. The van der Waals surface area contributed by atoms with E-state index in [2.05, 4.69) is 16.7 Å². The molecule has 0 radical (unpaired) electrons. The molecule has 0 aromatic heterocycles. The molecule has 6 nitrogen and oxygen atoms in total. The van der Waals surface area contributed by atoms with E-state index >= 15 is 0 Å². The largest absolute Gasteiger partial charge is 0.504 e. The highest BCUT2D eigenvalue weighted by Gasteiger charge is 2.24. The van der Waals surface area contributed by atoms with Gasteiger partial charge in [0.2, 0.25) is 0 Å². The third-order valence-corrected chi connectivity index (χ3v) is 7.01. The fourth-order valence-corrected chi connectivity index (χ4v) is 4.94. The van der Waals surface area contributed by atoms with Crippen LogP contribution in [0.25, 0.3) is 0 Å². The molecule has 0 amide bonds. The predicted molar refractivity (Wildman–Crippen MR) is 137 cm³/mol. The second-order valence-electron chi connectivity index (χ2n) is 9.69. The van der Waals surface area contributed by atoms with Crippen LogP contribution >= 0.6 is 0 Å². The lowest BCUT2D eigenvalue weighted by Gasteiger charge is -2.25. The highest BCUT2D eigenvalue weighted by atomic mass is 16.3. The van der Waals surface area contributed by atoms with Crippen molar-refractivity contribution < 1.29 is 20.4 Å². The summed E-state index contributed by atoms with van der Waals surface area (Å²) in [5.74, 6) is -0.189. The van der Waals surface area contributed by atoms with Gasteiger partial charge in [-0.25, -0.2) is 0 Å². The summed E-state index contributed by atoms with van der Waals surface area (Å²) >= 11 is 0. The first-order chi connectivity index (χ1) is 16.5. The van der Waals surface area contributed by atoms with Gasteiger partial charge in [0.1, 0.15) is 0 Å². The summed E-state index contributed by atoms with van der Waals surface area (Å²) in [5.41, 5.74) is 2.14. The SMILES string of the molecule is CCCCN(CCCCCN1CCCC1Cc1ccc(O)c(O)c1)CCc1ccc(O)c(O)c1. The van der Waals surface area contributed by atoms with Gasteiger partial charge in [-0.3, -0.25) is 0 Å². The third kappa shape index (κ3) is 8.10. The van der Waals surface area contributed by atoms with E-state index in [0.29, 0.717) is 6.04 Å². The molecule has 34 heavy (non-hydrogen) atoms. The minimum absolute atomic E-state index is 0.0307. The quantitative estimate of drug-likeness (QED) is 0.229. The van der Waals surface area contributed by atoms with E-state index in [1.54, 1.807) is 24.3 Å². The smallest absolute Gasteiger partial charge is 0.157 e. The number of phenols is 4. The van der Waals surface area contributed by atoms with Gasteiger partial charge in [-0.2, -0.15) is 0 Å². The molecule has 3 rings (SSSR count). The van der Waals surface area contributed by atoms with Gasteiger partial charge in [0, 0.05) is 12.6 Å². The molecular weight excluding hydrogens is 428 g/mol. The van der Waals surface area contributed by atoms with Crippen LogP contribution in [0.4, 0.5) is 0 Å². The van der Waals surface area contributed by atoms with Crippen molar-refractivity contribution in [1.29, 1.82) is 0 Å². The number of hydrogen-bond acceptors (Lipinski definition) is 6. The van der Waals surface area contributed by atoms with Gasteiger partial charge in [-0.1, -0.05) is 31.9 Å². The number of unbranched alkanes of at least 4 members (excludes halogenated alkanes) is 3. The van der Waals surface area contributed by atoms with Crippen LogP contribution in [-0.2, 0) is 12.8 Å². The van der Waals surface area contributed by atoms with Crippen LogP contribution in [0.3, 0.4) is 0 Å². The van der Waals surface area contributed by atoms with Crippen LogP contribution in [0, 0.1) is 0 Å². The number of aromatic hydroxyl groups is 4. The average molecular weight is 471 g/mol. The zero-order valence-corrected chi connectivity index (χ0v) is 20.6. The van der Waals surface area contributed by atoms with E-state index in [4.69, 9.17) is 0 Å². The molecule has 1 fully saturated rings. The molecule has 6 heteroatoms. The topological polar surface area (TPSA) is 87.4 Å². The number of phenolic OH excluding ortho intramolecular Hbond substituents is 4. The molecule has 188 valence electrons. The van der Waals surface area contributed by atoms with E-state index in [9.17, 15) is 20.4 Å². The summed E-state index contributed by atoms with van der Waals surface area (Å²) in [4.78, 5) is 5.12. The third-order valence-electron chi connectivity index (χ3n) is 7.01. The number of benzene rings is 2. The molecule has 0 aliphatic carbocycles. The van der Waals surface area contributed by atoms with Gasteiger partial charge >= 0.3 is 0 Å². The zero-order chi connectivity index (χ0) is 24.3. The Morgan fingerprint density at radius 3 is 2.18 bits per heavy atom. The average Bonchev–Trinajstić information content (AvgIpc) is 3.26. The molecule has 0 spiro atoms. The molecule has 1 atom stereocenters. The summed E-state index contributed by atoms with van der Waals surface area (Å²) in [6.45, 7) is 7.67. The molecule has 1 unspecified atom stereocenters. The van der Waals surface area contributed by atoms with Crippen LogP contribution in [-0.4, -0.2) is 69.0 Å². The van der Waals surface area contributed by atoms with E-state index in [1.165, 1.54) is 44.9 Å². The van der Waals surface area contributed by atoms with Crippen LogP contribution in [0.5, 0.6) is 23.0 Å². The van der Waals surface area contributed by atoms with Gasteiger partial charge in [0.05, 0.1) is 0 Å². The Balaban J connectivity index is 1.38. The minimum Gasteiger partial charge on any atom is -0.504 e. The van der Waals surface area contributed by atoms with E-state index < -0.39 is 0 Å². The Bertz CT molecular complexity index is 889. The van der Waals surface area contributed by atoms with Gasteiger partial charge in [0.25, 0.3) is 0 Å². The van der Waals surface area contributed by atoms with Crippen LogP contribution in [0.2, 0.25) is 0 Å². The number of rotatable bonds is 14. The molecule has 1 heterocycles. The van der Waals surface area contributed by atoms with Crippen LogP contribution in [0.1, 0.15) is 63.0 Å². The summed E-state index contributed by atoms with van der Waals surface area (Å²) < 4.78 is 0. The molecular formula is C28H42N2O4. The second kappa shape index (κ2) is 13.4. The standard InChI is InChI=1S/C28H42N2O4/c1-2-3-14-29(18-13-22-9-11-25(31)27(33)20-22)15-5-4-6-16-30-17-7-8-24(30)19-23-10-12-26(32)28(34)21-23/h9-12,20-21,24,31-34H,2-8,13-19H2,1H3. The lowest BCUT2D eigenvalue weighted by molar-refractivity contribution is 0.237. The summed E-state index contributed by atoms with van der Waals surface area (Å²) in [6, 6.07) is 10.8. The van der Waals surface area contributed by atoms with Crippen molar-refractivity contribution in [3.63, 3.8) is 0 Å². The van der Waals surface area contributed by atoms with Crippen molar-refractivity contribution in [2.45, 2.75) is 70.8 Å².